The first-order valence-electron chi connectivity index (χ1n) is 6.07. The highest BCUT2D eigenvalue weighted by molar-refractivity contribution is 8.00. The lowest BCUT2D eigenvalue weighted by molar-refractivity contribution is 0.0693. The summed E-state index contributed by atoms with van der Waals surface area (Å²) in [6.45, 7) is 1.77. The van der Waals surface area contributed by atoms with Gasteiger partial charge in [-0.05, 0) is 6.92 Å². The van der Waals surface area contributed by atoms with Gasteiger partial charge in [0.1, 0.15) is 9.84 Å². The molecular formula is C12H15N3O4S2. The molecule has 0 amide bonds. The van der Waals surface area contributed by atoms with E-state index >= 15 is 0 Å². The minimum absolute atomic E-state index is 0.0140. The zero-order valence-electron chi connectivity index (χ0n) is 11.8. The van der Waals surface area contributed by atoms with Crippen LogP contribution >= 0.6 is 11.8 Å². The van der Waals surface area contributed by atoms with Crippen LogP contribution in [0.15, 0.2) is 11.1 Å². The predicted molar refractivity (Wildman–Crippen MR) is 80.6 cm³/mol. The van der Waals surface area contributed by atoms with Crippen LogP contribution in [-0.4, -0.2) is 52.0 Å². The fourth-order valence-corrected chi connectivity index (χ4v) is 4.40. The molecule has 0 aromatic carbocycles. The van der Waals surface area contributed by atoms with E-state index in [2.05, 4.69) is 10.1 Å². The van der Waals surface area contributed by atoms with Crippen molar-refractivity contribution in [3.8, 4) is 0 Å². The fraction of sp³-hybridized carbons (Fsp3) is 0.417. The first kappa shape index (κ1) is 15.8. The fourth-order valence-electron chi connectivity index (χ4n) is 1.98. The van der Waals surface area contributed by atoms with Gasteiger partial charge in [0.05, 0.1) is 22.4 Å². The third kappa shape index (κ3) is 3.35. The second-order valence-corrected chi connectivity index (χ2v) is 8.06. The molecule has 21 heavy (non-hydrogen) atoms. The summed E-state index contributed by atoms with van der Waals surface area (Å²) in [6.07, 6.45) is 2.44. The average molecular weight is 329 g/mol. The van der Waals surface area contributed by atoms with E-state index in [0.717, 1.165) is 6.26 Å². The third-order valence-electron chi connectivity index (χ3n) is 2.91. The number of rotatable bonds is 5. The van der Waals surface area contributed by atoms with Crippen LogP contribution in [0.4, 0.5) is 0 Å². The molecule has 2 rings (SSSR count). The SMILES string of the molecule is Cc1nn(C)c2ncc(C(=O)O)c(SCCS(C)(=O)=O)c12. The number of sulfone groups is 1. The molecule has 0 aliphatic heterocycles. The number of carboxylic acid groups (broad SMARTS) is 1. The van der Waals surface area contributed by atoms with Crippen molar-refractivity contribution >= 4 is 38.6 Å². The van der Waals surface area contributed by atoms with Gasteiger partial charge in [-0.15, -0.1) is 11.8 Å². The van der Waals surface area contributed by atoms with Crippen LogP contribution in [0, 0.1) is 6.92 Å². The van der Waals surface area contributed by atoms with E-state index in [1.807, 2.05) is 0 Å². The van der Waals surface area contributed by atoms with Crippen molar-refractivity contribution in [2.45, 2.75) is 11.8 Å². The van der Waals surface area contributed by atoms with Crippen molar-refractivity contribution < 1.29 is 18.3 Å². The summed E-state index contributed by atoms with van der Waals surface area (Å²) < 4.78 is 24.0. The molecule has 9 heteroatoms. The van der Waals surface area contributed by atoms with E-state index in [1.54, 1.807) is 18.7 Å². The number of aromatic nitrogens is 3. The zero-order chi connectivity index (χ0) is 15.8. The van der Waals surface area contributed by atoms with Crippen LogP contribution in [0.5, 0.6) is 0 Å². The van der Waals surface area contributed by atoms with Crippen molar-refractivity contribution in [1.82, 2.24) is 14.8 Å². The van der Waals surface area contributed by atoms with Gasteiger partial charge in [-0.2, -0.15) is 5.10 Å². The normalized spacial score (nSPS) is 12.0. The predicted octanol–water partition coefficient (Wildman–Crippen LogP) is 1.11. The van der Waals surface area contributed by atoms with Gasteiger partial charge >= 0.3 is 5.97 Å². The molecule has 0 aliphatic carbocycles. The summed E-state index contributed by atoms with van der Waals surface area (Å²) in [5.41, 5.74) is 1.32. The molecule has 0 atom stereocenters. The molecule has 0 saturated carbocycles. The van der Waals surface area contributed by atoms with Crippen LogP contribution in [0.3, 0.4) is 0 Å². The molecule has 0 aliphatic rings. The number of aromatic carboxylic acids is 1. The van der Waals surface area contributed by atoms with Gasteiger partial charge in [-0.25, -0.2) is 18.2 Å². The summed E-state index contributed by atoms with van der Waals surface area (Å²) in [5.74, 6) is -0.818. The number of carbonyl (C=O) groups is 1. The third-order valence-corrected chi connectivity index (χ3v) is 5.24. The van der Waals surface area contributed by atoms with Gasteiger partial charge in [0, 0.05) is 30.1 Å². The van der Waals surface area contributed by atoms with Crippen molar-refractivity contribution in [1.29, 1.82) is 0 Å². The smallest absolute Gasteiger partial charge is 0.338 e. The van der Waals surface area contributed by atoms with Crippen molar-refractivity contribution in [2.24, 2.45) is 7.05 Å². The van der Waals surface area contributed by atoms with E-state index in [-0.39, 0.29) is 17.1 Å². The topological polar surface area (TPSA) is 102 Å². The number of pyridine rings is 1. The van der Waals surface area contributed by atoms with Gasteiger partial charge in [0.25, 0.3) is 0 Å². The van der Waals surface area contributed by atoms with Crippen LogP contribution in [-0.2, 0) is 16.9 Å². The molecule has 0 fully saturated rings. The summed E-state index contributed by atoms with van der Waals surface area (Å²) in [6, 6.07) is 0. The summed E-state index contributed by atoms with van der Waals surface area (Å²) in [7, 11) is -1.36. The quantitative estimate of drug-likeness (QED) is 0.820. The van der Waals surface area contributed by atoms with E-state index in [0.29, 0.717) is 21.6 Å². The molecular weight excluding hydrogens is 314 g/mol. The van der Waals surface area contributed by atoms with Crippen LogP contribution in [0.2, 0.25) is 0 Å². The summed E-state index contributed by atoms with van der Waals surface area (Å²) >= 11 is 1.21. The maximum absolute atomic E-state index is 11.3. The Morgan fingerprint density at radius 1 is 1.48 bits per heavy atom. The zero-order valence-corrected chi connectivity index (χ0v) is 13.5. The van der Waals surface area contributed by atoms with E-state index < -0.39 is 15.8 Å². The average Bonchev–Trinajstić information content (AvgIpc) is 2.63. The van der Waals surface area contributed by atoms with E-state index in [4.69, 9.17) is 0 Å². The molecule has 0 saturated heterocycles. The Morgan fingerprint density at radius 3 is 2.71 bits per heavy atom. The van der Waals surface area contributed by atoms with Crippen molar-refractivity contribution in [3.05, 3.63) is 17.5 Å². The molecule has 2 heterocycles. The highest BCUT2D eigenvalue weighted by Crippen LogP contribution is 2.32. The maximum atomic E-state index is 11.3. The Labute approximate surface area is 126 Å². The lowest BCUT2D eigenvalue weighted by Crippen LogP contribution is -2.07. The summed E-state index contributed by atoms with van der Waals surface area (Å²) in [4.78, 5) is 16.0. The van der Waals surface area contributed by atoms with Crippen LogP contribution in [0.25, 0.3) is 11.0 Å². The number of nitrogens with zero attached hydrogens (tertiary/aromatic N) is 3. The molecule has 0 spiro atoms. The highest BCUT2D eigenvalue weighted by atomic mass is 32.2. The first-order valence-corrected chi connectivity index (χ1v) is 9.11. The number of hydrogen-bond acceptors (Lipinski definition) is 6. The Hall–Kier alpha value is -1.61. The number of carboxylic acids is 1. The Bertz CT molecular complexity index is 812. The second kappa shape index (κ2) is 5.64. The van der Waals surface area contributed by atoms with Crippen LogP contribution < -0.4 is 0 Å². The summed E-state index contributed by atoms with van der Waals surface area (Å²) in [5, 5.41) is 14.2. The van der Waals surface area contributed by atoms with Crippen molar-refractivity contribution in [2.75, 3.05) is 17.8 Å². The molecule has 0 bridgehead atoms. The van der Waals surface area contributed by atoms with Gasteiger partial charge < -0.3 is 5.11 Å². The van der Waals surface area contributed by atoms with Crippen LogP contribution in [0.1, 0.15) is 16.1 Å². The van der Waals surface area contributed by atoms with Crippen molar-refractivity contribution in [3.63, 3.8) is 0 Å². The number of fused-ring (bicyclic) bond motifs is 1. The minimum Gasteiger partial charge on any atom is -0.478 e. The standard InChI is InChI=1S/C12H15N3O4S2/c1-7-9-10(20-4-5-21(3,18)19)8(12(16)17)6-13-11(9)15(2)14-7/h6H,4-5H2,1-3H3,(H,16,17). The molecule has 0 radical (unpaired) electrons. The lowest BCUT2D eigenvalue weighted by atomic mass is 10.2. The first-order chi connectivity index (χ1) is 9.70. The monoisotopic (exact) mass is 329 g/mol. The molecule has 1 N–H and O–H groups in total. The van der Waals surface area contributed by atoms with E-state index in [9.17, 15) is 18.3 Å². The Kier molecular flexibility index (Phi) is 4.24. The number of aryl methyl sites for hydroxylation is 2. The minimum atomic E-state index is -3.09. The number of thioether (sulfide) groups is 1. The molecule has 0 unspecified atom stereocenters. The molecule has 7 nitrogen and oxygen atoms in total. The number of hydrogen-bond donors (Lipinski definition) is 1. The van der Waals surface area contributed by atoms with Gasteiger partial charge in [0.2, 0.25) is 0 Å². The lowest BCUT2D eigenvalue weighted by Gasteiger charge is -2.07. The largest absolute Gasteiger partial charge is 0.478 e. The Morgan fingerprint density at radius 2 is 2.14 bits per heavy atom. The molecule has 2 aromatic rings. The second-order valence-electron chi connectivity index (χ2n) is 4.69. The van der Waals surface area contributed by atoms with Gasteiger partial charge in [-0.1, -0.05) is 0 Å². The molecule has 114 valence electrons. The van der Waals surface area contributed by atoms with Gasteiger partial charge in [0.15, 0.2) is 5.65 Å². The highest BCUT2D eigenvalue weighted by Gasteiger charge is 2.20. The van der Waals surface area contributed by atoms with Gasteiger partial charge in [-0.3, -0.25) is 4.68 Å². The molecule has 2 aromatic heterocycles. The Balaban J connectivity index is 2.51. The maximum Gasteiger partial charge on any atom is 0.338 e. The van der Waals surface area contributed by atoms with E-state index in [1.165, 1.54) is 18.0 Å².